The Balaban J connectivity index is 2.18. The van der Waals surface area contributed by atoms with Crippen LogP contribution < -0.4 is 4.83 Å². The van der Waals surface area contributed by atoms with Gasteiger partial charge in [-0.25, -0.2) is 4.39 Å². The summed E-state index contributed by atoms with van der Waals surface area (Å²) < 4.78 is 36.5. The van der Waals surface area contributed by atoms with Crippen LogP contribution in [0.15, 0.2) is 64.6 Å². The molecular weight excluding hydrogens is 303 g/mol. The van der Waals surface area contributed by atoms with E-state index >= 15 is 0 Å². The van der Waals surface area contributed by atoms with Gasteiger partial charge in [-0.1, -0.05) is 29.8 Å². The van der Waals surface area contributed by atoms with Crippen molar-refractivity contribution in [1.82, 2.24) is 4.83 Å². The van der Waals surface area contributed by atoms with Crippen LogP contribution in [0.4, 0.5) is 4.39 Å². The molecule has 0 atom stereocenters. The smallest absolute Gasteiger partial charge is 0.207 e. The van der Waals surface area contributed by atoms with Gasteiger partial charge >= 0.3 is 0 Å². The molecule has 0 saturated carbocycles. The Labute approximate surface area is 120 Å². The van der Waals surface area contributed by atoms with Crippen LogP contribution >= 0.6 is 11.6 Å². The number of nitrogens with one attached hydrogen (secondary N) is 1. The van der Waals surface area contributed by atoms with Crippen LogP contribution in [0.5, 0.6) is 0 Å². The second-order valence-electron chi connectivity index (χ2n) is 3.82. The molecule has 0 amide bonds. The predicted octanol–water partition coefficient (Wildman–Crippen LogP) is 2.70. The number of rotatable bonds is 4. The van der Waals surface area contributed by atoms with Gasteiger partial charge in [-0.2, -0.15) is 18.4 Å². The van der Waals surface area contributed by atoms with E-state index < -0.39 is 15.8 Å². The van der Waals surface area contributed by atoms with Crippen LogP contribution in [0.3, 0.4) is 0 Å². The first-order chi connectivity index (χ1) is 9.49. The summed E-state index contributed by atoms with van der Waals surface area (Å²) in [5.74, 6) is -0.414. The zero-order valence-corrected chi connectivity index (χ0v) is 11.7. The largest absolute Gasteiger partial charge is 0.276 e. The zero-order valence-electron chi connectivity index (χ0n) is 10.1. The minimum absolute atomic E-state index is 0.0762. The van der Waals surface area contributed by atoms with Crippen molar-refractivity contribution in [3.63, 3.8) is 0 Å². The molecule has 7 heteroatoms. The van der Waals surface area contributed by atoms with Gasteiger partial charge < -0.3 is 0 Å². The zero-order chi connectivity index (χ0) is 14.6. The fourth-order valence-electron chi connectivity index (χ4n) is 1.40. The molecule has 20 heavy (non-hydrogen) atoms. The maximum Gasteiger partial charge on any atom is 0.276 e. The van der Waals surface area contributed by atoms with E-state index in [2.05, 4.69) is 5.10 Å². The maximum atomic E-state index is 12.8. The lowest BCUT2D eigenvalue weighted by atomic mass is 10.2. The summed E-state index contributed by atoms with van der Waals surface area (Å²) in [7, 11) is -3.77. The Kier molecular flexibility index (Phi) is 4.36. The highest BCUT2D eigenvalue weighted by atomic mass is 35.5. The molecule has 0 aromatic heterocycles. The average Bonchev–Trinajstić information content (AvgIpc) is 2.46. The molecule has 0 heterocycles. The minimum Gasteiger partial charge on any atom is -0.207 e. The number of nitrogens with zero attached hydrogens (tertiary/aromatic N) is 1. The van der Waals surface area contributed by atoms with Gasteiger partial charge in [-0.05, 0) is 36.4 Å². The highest BCUT2D eigenvalue weighted by Gasteiger charge is 2.12. The molecule has 0 saturated heterocycles. The number of hydrogen-bond acceptors (Lipinski definition) is 3. The standard InChI is InChI=1S/C13H10ClFN2O2S/c14-13(10-6-8-11(15)9-7-10)16-17-20(18,19)12-4-2-1-3-5-12/h1-9,17H. The summed E-state index contributed by atoms with van der Waals surface area (Å²) in [6, 6.07) is 13.0. The van der Waals surface area contributed by atoms with E-state index in [1.54, 1.807) is 18.2 Å². The number of benzene rings is 2. The summed E-state index contributed by atoms with van der Waals surface area (Å²) in [4.78, 5) is 2.10. The van der Waals surface area contributed by atoms with Gasteiger partial charge in [0.1, 0.15) is 5.82 Å². The van der Waals surface area contributed by atoms with E-state index in [0.29, 0.717) is 5.56 Å². The van der Waals surface area contributed by atoms with E-state index in [1.165, 1.54) is 36.4 Å². The van der Waals surface area contributed by atoms with E-state index in [0.717, 1.165) is 0 Å². The summed E-state index contributed by atoms with van der Waals surface area (Å²) in [6.45, 7) is 0. The van der Waals surface area contributed by atoms with Gasteiger partial charge in [-0.3, -0.25) is 0 Å². The molecule has 0 aliphatic carbocycles. The van der Waals surface area contributed by atoms with Gasteiger partial charge in [0, 0.05) is 5.56 Å². The molecular formula is C13H10ClFN2O2S. The first-order valence-corrected chi connectivity index (χ1v) is 7.41. The third-order valence-electron chi connectivity index (χ3n) is 2.40. The number of sulfonamides is 1. The van der Waals surface area contributed by atoms with Crippen LogP contribution in [0.25, 0.3) is 0 Å². The Morgan fingerprint density at radius 2 is 1.65 bits per heavy atom. The van der Waals surface area contributed by atoms with E-state index in [4.69, 9.17) is 11.6 Å². The van der Waals surface area contributed by atoms with Crippen molar-refractivity contribution < 1.29 is 12.8 Å². The van der Waals surface area contributed by atoms with Crippen LogP contribution in [0.1, 0.15) is 5.56 Å². The second-order valence-corrected chi connectivity index (χ2v) is 5.84. The quantitative estimate of drug-likeness (QED) is 0.697. The lowest BCUT2D eigenvalue weighted by Crippen LogP contribution is -2.19. The molecule has 0 aliphatic rings. The fraction of sp³-hybridized carbons (Fsp3) is 0. The third-order valence-corrected chi connectivity index (χ3v) is 3.93. The number of hydrazone groups is 1. The van der Waals surface area contributed by atoms with Crippen molar-refractivity contribution in [3.05, 3.63) is 66.0 Å². The summed E-state index contributed by atoms with van der Waals surface area (Å²) in [6.07, 6.45) is 0. The monoisotopic (exact) mass is 312 g/mol. The van der Waals surface area contributed by atoms with Crippen molar-refractivity contribution >= 4 is 26.8 Å². The van der Waals surface area contributed by atoms with Gasteiger partial charge in [-0.15, -0.1) is 0 Å². The van der Waals surface area contributed by atoms with Gasteiger partial charge in [0.25, 0.3) is 10.0 Å². The van der Waals surface area contributed by atoms with Crippen molar-refractivity contribution in [1.29, 1.82) is 0 Å². The van der Waals surface area contributed by atoms with E-state index in [-0.39, 0.29) is 10.1 Å². The Morgan fingerprint density at radius 3 is 2.25 bits per heavy atom. The van der Waals surface area contributed by atoms with E-state index in [9.17, 15) is 12.8 Å². The topological polar surface area (TPSA) is 58.5 Å². The fourth-order valence-corrected chi connectivity index (χ4v) is 2.46. The SMILES string of the molecule is O=S(=O)(NN=C(Cl)c1ccc(F)cc1)c1ccccc1. The molecule has 4 nitrogen and oxygen atoms in total. The predicted molar refractivity (Wildman–Crippen MR) is 75.6 cm³/mol. The summed E-state index contributed by atoms with van der Waals surface area (Å²) >= 11 is 5.85. The van der Waals surface area contributed by atoms with E-state index in [1.807, 2.05) is 4.83 Å². The van der Waals surface area contributed by atoms with Crippen LogP contribution in [0.2, 0.25) is 0 Å². The van der Waals surface area contributed by atoms with Gasteiger partial charge in [0.2, 0.25) is 0 Å². The van der Waals surface area contributed by atoms with Crippen LogP contribution in [0, 0.1) is 5.82 Å². The highest BCUT2D eigenvalue weighted by Crippen LogP contribution is 2.09. The molecule has 0 radical (unpaired) electrons. The Hall–Kier alpha value is -1.92. The van der Waals surface area contributed by atoms with Gasteiger partial charge in [0.15, 0.2) is 5.17 Å². The van der Waals surface area contributed by atoms with Crippen molar-refractivity contribution in [2.24, 2.45) is 5.10 Å². The van der Waals surface area contributed by atoms with Crippen molar-refractivity contribution in [3.8, 4) is 0 Å². The number of halogens is 2. The highest BCUT2D eigenvalue weighted by molar-refractivity contribution is 7.89. The molecule has 2 aromatic rings. The molecule has 2 rings (SSSR count). The molecule has 0 aliphatic heterocycles. The first-order valence-electron chi connectivity index (χ1n) is 5.55. The molecule has 104 valence electrons. The summed E-state index contributed by atoms with van der Waals surface area (Å²) in [5, 5.41) is 3.51. The molecule has 0 bridgehead atoms. The van der Waals surface area contributed by atoms with Crippen LogP contribution in [-0.2, 0) is 10.0 Å². The third kappa shape index (κ3) is 3.55. The number of hydrogen-bond donors (Lipinski definition) is 1. The maximum absolute atomic E-state index is 12.8. The van der Waals surface area contributed by atoms with Gasteiger partial charge in [0.05, 0.1) is 4.90 Å². The summed E-state index contributed by atoms with van der Waals surface area (Å²) in [5.41, 5.74) is 0.406. The molecule has 2 aromatic carbocycles. The van der Waals surface area contributed by atoms with Crippen molar-refractivity contribution in [2.45, 2.75) is 4.90 Å². The first kappa shape index (κ1) is 14.5. The Morgan fingerprint density at radius 1 is 1.05 bits per heavy atom. The average molecular weight is 313 g/mol. The Bertz CT molecular complexity index is 716. The normalized spacial score (nSPS) is 12.2. The molecule has 0 fully saturated rings. The minimum atomic E-state index is -3.77. The lowest BCUT2D eigenvalue weighted by Gasteiger charge is -2.04. The second kappa shape index (κ2) is 6.02. The molecule has 0 spiro atoms. The van der Waals surface area contributed by atoms with Crippen molar-refractivity contribution in [2.75, 3.05) is 0 Å². The molecule has 0 unspecified atom stereocenters. The van der Waals surface area contributed by atoms with Crippen LogP contribution in [-0.4, -0.2) is 13.6 Å². The lowest BCUT2D eigenvalue weighted by molar-refractivity contribution is 0.584. The molecule has 1 N–H and O–H groups in total.